The highest BCUT2D eigenvalue weighted by Gasteiger charge is 2.20. The fourth-order valence-electron chi connectivity index (χ4n) is 2.12. The smallest absolute Gasteiger partial charge is 0.194 e. The van der Waals surface area contributed by atoms with Gasteiger partial charge in [0, 0.05) is 17.9 Å². The van der Waals surface area contributed by atoms with Gasteiger partial charge < -0.3 is 4.42 Å². The molecule has 2 nitrogen and oxygen atoms in total. The molecule has 1 heterocycles. The van der Waals surface area contributed by atoms with E-state index in [2.05, 4.69) is 44.0 Å². The Hall–Kier alpha value is -1.28. The molecule has 0 fully saturated rings. The molecule has 0 aliphatic carbocycles. The lowest BCUT2D eigenvalue weighted by Gasteiger charge is -2.21. The summed E-state index contributed by atoms with van der Waals surface area (Å²) in [5, 5.41) is 0. The first kappa shape index (κ1) is 14.1. The first-order valence-corrected chi connectivity index (χ1v) is 7.16. The van der Waals surface area contributed by atoms with E-state index in [0.29, 0.717) is 5.88 Å². The summed E-state index contributed by atoms with van der Waals surface area (Å²) in [5.74, 6) is 2.24. The summed E-state index contributed by atoms with van der Waals surface area (Å²) in [7, 11) is 0. The van der Waals surface area contributed by atoms with Gasteiger partial charge >= 0.3 is 0 Å². The number of hydrogen-bond donors (Lipinski definition) is 0. The van der Waals surface area contributed by atoms with Gasteiger partial charge in [0.2, 0.25) is 0 Å². The molecule has 0 radical (unpaired) electrons. The summed E-state index contributed by atoms with van der Waals surface area (Å²) in [4.78, 5) is 4.33. The Morgan fingerprint density at radius 1 is 1.21 bits per heavy atom. The van der Waals surface area contributed by atoms with Crippen molar-refractivity contribution in [1.29, 1.82) is 0 Å². The fraction of sp³-hybridized carbons (Fsp3) is 0.438. The largest absolute Gasteiger partial charge is 0.441 e. The molecule has 1 aromatic carbocycles. The summed E-state index contributed by atoms with van der Waals surface area (Å²) in [6, 6.07) is 8.34. The standard InChI is InChI=1S/C16H20ClNO/c1-16(2,3)13-8-5-4-7-12(13)14-11-18-15(19-14)9-6-10-17/h4-5,7-8,11H,6,9-10H2,1-3H3. The summed E-state index contributed by atoms with van der Waals surface area (Å²) in [5.41, 5.74) is 2.48. The van der Waals surface area contributed by atoms with Crippen molar-refractivity contribution in [1.82, 2.24) is 4.98 Å². The lowest BCUT2D eigenvalue weighted by Crippen LogP contribution is -2.12. The summed E-state index contributed by atoms with van der Waals surface area (Å²) in [6.45, 7) is 6.61. The minimum absolute atomic E-state index is 0.0830. The molecule has 19 heavy (non-hydrogen) atoms. The molecule has 3 heteroatoms. The van der Waals surface area contributed by atoms with Gasteiger partial charge in [0.1, 0.15) is 0 Å². The summed E-state index contributed by atoms with van der Waals surface area (Å²) >= 11 is 5.69. The molecule has 0 saturated carbocycles. The zero-order valence-electron chi connectivity index (χ0n) is 11.7. The molecule has 0 N–H and O–H groups in total. The topological polar surface area (TPSA) is 26.0 Å². The van der Waals surface area contributed by atoms with E-state index in [0.717, 1.165) is 30.1 Å². The number of alkyl halides is 1. The van der Waals surface area contributed by atoms with E-state index in [-0.39, 0.29) is 5.41 Å². The number of aryl methyl sites for hydroxylation is 1. The first-order valence-electron chi connectivity index (χ1n) is 6.63. The molecule has 2 aromatic rings. The highest BCUT2D eigenvalue weighted by molar-refractivity contribution is 6.17. The zero-order chi connectivity index (χ0) is 13.9. The van der Waals surface area contributed by atoms with Crippen LogP contribution in [-0.2, 0) is 11.8 Å². The van der Waals surface area contributed by atoms with Gasteiger partial charge in [-0.05, 0) is 17.4 Å². The second kappa shape index (κ2) is 5.79. The van der Waals surface area contributed by atoms with E-state index in [1.54, 1.807) is 0 Å². The van der Waals surface area contributed by atoms with Crippen LogP contribution in [0.25, 0.3) is 11.3 Å². The van der Waals surface area contributed by atoms with Gasteiger partial charge in [-0.3, -0.25) is 0 Å². The van der Waals surface area contributed by atoms with E-state index in [4.69, 9.17) is 16.0 Å². The van der Waals surface area contributed by atoms with Crippen LogP contribution in [-0.4, -0.2) is 10.9 Å². The monoisotopic (exact) mass is 277 g/mol. The Labute approximate surface area is 119 Å². The first-order chi connectivity index (χ1) is 9.02. The van der Waals surface area contributed by atoms with Crippen LogP contribution in [0.2, 0.25) is 0 Å². The van der Waals surface area contributed by atoms with Crippen LogP contribution in [0, 0.1) is 0 Å². The molecular formula is C16H20ClNO. The van der Waals surface area contributed by atoms with Crippen molar-refractivity contribution in [2.24, 2.45) is 0 Å². The van der Waals surface area contributed by atoms with Crippen molar-refractivity contribution in [2.45, 2.75) is 39.0 Å². The fourth-order valence-corrected chi connectivity index (χ4v) is 2.25. The average molecular weight is 278 g/mol. The molecule has 0 aliphatic rings. The van der Waals surface area contributed by atoms with Gasteiger partial charge in [0.25, 0.3) is 0 Å². The van der Waals surface area contributed by atoms with Crippen LogP contribution in [0.3, 0.4) is 0 Å². The zero-order valence-corrected chi connectivity index (χ0v) is 12.5. The molecule has 0 spiro atoms. The number of halogens is 1. The van der Waals surface area contributed by atoms with Crippen LogP contribution in [0.15, 0.2) is 34.9 Å². The minimum atomic E-state index is 0.0830. The predicted octanol–water partition coefficient (Wildman–Crippen LogP) is 4.81. The van der Waals surface area contributed by atoms with Crippen molar-refractivity contribution < 1.29 is 4.42 Å². The lowest BCUT2D eigenvalue weighted by atomic mass is 9.83. The summed E-state index contributed by atoms with van der Waals surface area (Å²) in [6.07, 6.45) is 3.50. The van der Waals surface area contributed by atoms with Gasteiger partial charge in [-0.2, -0.15) is 0 Å². The minimum Gasteiger partial charge on any atom is -0.441 e. The van der Waals surface area contributed by atoms with E-state index in [1.807, 2.05) is 12.3 Å². The number of oxazole rings is 1. The Morgan fingerprint density at radius 2 is 1.95 bits per heavy atom. The number of aromatic nitrogens is 1. The van der Waals surface area contributed by atoms with Crippen molar-refractivity contribution in [3.63, 3.8) is 0 Å². The average Bonchev–Trinajstić information content (AvgIpc) is 2.84. The molecular weight excluding hydrogens is 258 g/mol. The maximum absolute atomic E-state index is 5.84. The number of rotatable bonds is 4. The maximum Gasteiger partial charge on any atom is 0.194 e. The van der Waals surface area contributed by atoms with Crippen molar-refractivity contribution in [3.05, 3.63) is 41.9 Å². The summed E-state index contributed by atoms with van der Waals surface area (Å²) < 4.78 is 5.84. The third-order valence-electron chi connectivity index (χ3n) is 3.08. The Bertz CT molecular complexity index is 540. The van der Waals surface area contributed by atoms with Crippen LogP contribution >= 0.6 is 11.6 Å². The second-order valence-corrected chi connectivity index (χ2v) is 6.08. The van der Waals surface area contributed by atoms with E-state index < -0.39 is 0 Å². The molecule has 0 atom stereocenters. The van der Waals surface area contributed by atoms with E-state index in [1.165, 1.54) is 5.56 Å². The van der Waals surface area contributed by atoms with E-state index in [9.17, 15) is 0 Å². The Balaban J connectivity index is 2.34. The normalized spacial score (nSPS) is 11.8. The molecule has 2 rings (SSSR count). The molecule has 1 aromatic heterocycles. The molecule has 0 bridgehead atoms. The van der Waals surface area contributed by atoms with Gasteiger partial charge in [0.05, 0.1) is 6.20 Å². The third kappa shape index (κ3) is 3.38. The molecule has 0 aliphatic heterocycles. The highest BCUT2D eigenvalue weighted by Crippen LogP contribution is 2.33. The van der Waals surface area contributed by atoms with Crippen molar-refractivity contribution >= 4 is 11.6 Å². The molecule has 102 valence electrons. The Kier molecular flexibility index (Phi) is 4.31. The van der Waals surface area contributed by atoms with E-state index >= 15 is 0 Å². The molecule has 0 saturated heterocycles. The van der Waals surface area contributed by atoms with Crippen molar-refractivity contribution in [3.8, 4) is 11.3 Å². The lowest BCUT2D eigenvalue weighted by molar-refractivity contribution is 0.500. The predicted molar refractivity (Wildman–Crippen MR) is 79.7 cm³/mol. The van der Waals surface area contributed by atoms with Crippen molar-refractivity contribution in [2.75, 3.05) is 5.88 Å². The molecule has 0 unspecified atom stereocenters. The van der Waals surface area contributed by atoms with Crippen LogP contribution in [0.4, 0.5) is 0 Å². The third-order valence-corrected chi connectivity index (χ3v) is 3.35. The van der Waals surface area contributed by atoms with Gasteiger partial charge in [0.15, 0.2) is 11.7 Å². The quantitative estimate of drug-likeness (QED) is 0.750. The molecule has 0 amide bonds. The highest BCUT2D eigenvalue weighted by atomic mass is 35.5. The number of hydrogen-bond acceptors (Lipinski definition) is 2. The Morgan fingerprint density at radius 3 is 2.63 bits per heavy atom. The second-order valence-electron chi connectivity index (χ2n) is 5.71. The van der Waals surface area contributed by atoms with Gasteiger partial charge in [-0.15, -0.1) is 11.6 Å². The number of nitrogens with zero attached hydrogens (tertiary/aromatic N) is 1. The van der Waals surface area contributed by atoms with Crippen LogP contribution in [0.5, 0.6) is 0 Å². The van der Waals surface area contributed by atoms with Crippen LogP contribution in [0.1, 0.15) is 38.6 Å². The number of benzene rings is 1. The van der Waals surface area contributed by atoms with Crippen LogP contribution < -0.4 is 0 Å². The van der Waals surface area contributed by atoms with Gasteiger partial charge in [-0.25, -0.2) is 4.98 Å². The SMILES string of the molecule is CC(C)(C)c1ccccc1-c1cnc(CCCCl)o1. The maximum atomic E-state index is 5.84. The van der Waals surface area contributed by atoms with Gasteiger partial charge in [-0.1, -0.05) is 45.0 Å².